The summed E-state index contributed by atoms with van der Waals surface area (Å²) in [5, 5.41) is 12.8. The van der Waals surface area contributed by atoms with Crippen molar-refractivity contribution in [3.8, 4) is 0 Å². The molecule has 2 aromatic rings. The Morgan fingerprint density at radius 2 is 2.20 bits per heavy atom. The highest BCUT2D eigenvalue weighted by molar-refractivity contribution is 5.80. The van der Waals surface area contributed by atoms with Crippen molar-refractivity contribution in [3.63, 3.8) is 0 Å². The van der Waals surface area contributed by atoms with Crippen molar-refractivity contribution in [2.24, 2.45) is 0 Å². The molecule has 0 aliphatic carbocycles. The first-order chi connectivity index (χ1) is 9.76. The third-order valence-electron chi connectivity index (χ3n) is 3.69. The van der Waals surface area contributed by atoms with Crippen LogP contribution in [0.3, 0.4) is 0 Å². The maximum Gasteiger partial charge on any atom is 0.116 e. The molecule has 20 heavy (non-hydrogen) atoms. The molecule has 0 aliphatic heterocycles. The summed E-state index contributed by atoms with van der Waals surface area (Å²) in [6.45, 7) is 5.06. The standard InChI is InChI=1S/C15H24N4O/c1-3-4-5-6-13(9-20)16-7-12-8-17-14-11(2)18-10-19-15(12)14/h8,10,13,16-17,20H,3-7,9H2,1-2H3/t13-/m0/s1. The number of aromatic amines is 1. The fourth-order valence-electron chi connectivity index (χ4n) is 2.41. The van der Waals surface area contributed by atoms with E-state index in [0.717, 1.165) is 35.1 Å². The summed E-state index contributed by atoms with van der Waals surface area (Å²) >= 11 is 0. The Bertz CT molecular complexity index is 538. The van der Waals surface area contributed by atoms with Gasteiger partial charge in [-0.2, -0.15) is 0 Å². The van der Waals surface area contributed by atoms with E-state index < -0.39 is 0 Å². The van der Waals surface area contributed by atoms with Gasteiger partial charge < -0.3 is 15.4 Å². The Kier molecular flexibility index (Phi) is 5.49. The summed E-state index contributed by atoms with van der Waals surface area (Å²) in [4.78, 5) is 11.7. The summed E-state index contributed by atoms with van der Waals surface area (Å²) in [6.07, 6.45) is 8.17. The van der Waals surface area contributed by atoms with Crippen LogP contribution in [0.5, 0.6) is 0 Å². The lowest BCUT2D eigenvalue weighted by Gasteiger charge is -2.15. The van der Waals surface area contributed by atoms with E-state index in [2.05, 4.69) is 27.2 Å². The molecule has 0 spiro atoms. The number of H-pyrrole nitrogens is 1. The van der Waals surface area contributed by atoms with Gasteiger partial charge in [0, 0.05) is 24.3 Å². The van der Waals surface area contributed by atoms with Crippen molar-refractivity contribution in [2.75, 3.05) is 6.61 Å². The maximum absolute atomic E-state index is 9.42. The van der Waals surface area contributed by atoms with Gasteiger partial charge in [0.2, 0.25) is 0 Å². The lowest BCUT2D eigenvalue weighted by Crippen LogP contribution is -2.31. The van der Waals surface area contributed by atoms with Crippen LogP contribution in [-0.4, -0.2) is 32.7 Å². The largest absolute Gasteiger partial charge is 0.395 e. The fraction of sp³-hybridized carbons (Fsp3) is 0.600. The number of nitrogens with one attached hydrogen (secondary N) is 2. The number of rotatable bonds is 8. The molecule has 0 fully saturated rings. The van der Waals surface area contributed by atoms with E-state index in [1.54, 1.807) is 6.33 Å². The first kappa shape index (κ1) is 14.9. The highest BCUT2D eigenvalue weighted by Crippen LogP contribution is 2.17. The Morgan fingerprint density at radius 1 is 1.35 bits per heavy atom. The second-order valence-corrected chi connectivity index (χ2v) is 5.25. The van der Waals surface area contributed by atoms with Gasteiger partial charge in [0.25, 0.3) is 0 Å². The summed E-state index contributed by atoms with van der Waals surface area (Å²) in [7, 11) is 0. The van der Waals surface area contributed by atoms with Gasteiger partial charge in [-0.25, -0.2) is 9.97 Å². The zero-order chi connectivity index (χ0) is 14.4. The maximum atomic E-state index is 9.42. The van der Waals surface area contributed by atoms with E-state index in [4.69, 9.17) is 0 Å². The third-order valence-corrected chi connectivity index (χ3v) is 3.69. The van der Waals surface area contributed by atoms with Gasteiger partial charge in [0.05, 0.1) is 23.3 Å². The van der Waals surface area contributed by atoms with Crippen molar-refractivity contribution in [3.05, 3.63) is 23.8 Å². The van der Waals surface area contributed by atoms with Crippen LogP contribution in [0.4, 0.5) is 0 Å². The van der Waals surface area contributed by atoms with Crippen molar-refractivity contribution in [1.29, 1.82) is 0 Å². The van der Waals surface area contributed by atoms with Gasteiger partial charge in [-0.3, -0.25) is 0 Å². The number of aryl methyl sites for hydroxylation is 1. The van der Waals surface area contributed by atoms with Crippen LogP contribution in [0.15, 0.2) is 12.5 Å². The van der Waals surface area contributed by atoms with Crippen molar-refractivity contribution in [2.45, 2.75) is 52.1 Å². The van der Waals surface area contributed by atoms with Crippen molar-refractivity contribution >= 4 is 11.0 Å². The van der Waals surface area contributed by atoms with Gasteiger partial charge in [-0.15, -0.1) is 0 Å². The number of fused-ring (bicyclic) bond motifs is 1. The average Bonchev–Trinajstić information content (AvgIpc) is 2.87. The molecule has 110 valence electrons. The molecule has 3 N–H and O–H groups in total. The van der Waals surface area contributed by atoms with Crippen LogP contribution in [0.2, 0.25) is 0 Å². The number of aliphatic hydroxyl groups is 1. The minimum atomic E-state index is 0.162. The number of aromatic nitrogens is 3. The van der Waals surface area contributed by atoms with E-state index in [1.165, 1.54) is 12.8 Å². The number of hydrogen-bond donors (Lipinski definition) is 3. The Morgan fingerprint density at radius 3 is 2.95 bits per heavy atom. The second-order valence-electron chi connectivity index (χ2n) is 5.25. The minimum Gasteiger partial charge on any atom is -0.395 e. The topological polar surface area (TPSA) is 73.8 Å². The summed E-state index contributed by atoms with van der Waals surface area (Å²) in [5.41, 5.74) is 4.05. The van der Waals surface area contributed by atoms with Crippen molar-refractivity contribution in [1.82, 2.24) is 20.3 Å². The number of hydrogen-bond acceptors (Lipinski definition) is 4. The molecule has 1 atom stereocenters. The first-order valence-electron chi connectivity index (χ1n) is 7.38. The zero-order valence-electron chi connectivity index (χ0n) is 12.3. The highest BCUT2D eigenvalue weighted by atomic mass is 16.3. The molecule has 2 rings (SSSR count). The number of aliphatic hydroxyl groups excluding tert-OH is 1. The molecule has 0 aliphatic rings. The molecule has 2 heterocycles. The molecule has 0 saturated heterocycles. The van der Waals surface area contributed by atoms with Gasteiger partial charge in [0.15, 0.2) is 0 Å². The molecular weight excluding hydrogens is 252 g/mol. The molecule has 0 saturated carbocycles. The molecular formula is C15H24N4O. The van der Waals surface area contributed by atoms with E-state index in [-0.39, 0.29) is 12.6 Å². The summed E-state index contributed by atoms with van der Waals surface area (Å²) < 4.78 is 0. The molecule has 2 aromatic heterocycles. The van der Waals surface area contributed by atoms with Crippen LogP contribution < -0.4 is 5.32 Å². The quantitative estimate of drug-likeness (QED) is 0.647. The zero-order valence-corrected chi connectivity index (χ0v) is 12.3. The molecule has 0 unspecified atom stereocenters. The van der Waals surface area contributed by atoms with Crippen LogP contribution >= 0.6 is 0 Å². The first-order valence-corrected chi connectivity index (χ1v) is 7.38. The van der Waals surface area contributed by atoms with Crippen LogP contribution in [0.1, 0.15) is 43.9 Å². The summed E-state index contributed by atoms with van der Waals surface area (Å²) in [6, 6.07) is 0.162. The molecule has 0 amide bonds. The SMILES string of the molecule is CCCCC[C@@H](CO)NCc1c[nH]c2c(C)ncnc12. The second kappa shape index (κ2) is 7.36. The Balaban J connectivity index is 1.96. The van der Waals surface area contributed by atoms with E-state index in [9.17, 15) is 5.11 Å². The summed E-state index contributed by atoms with van der Waals surface area (Å²) in [5.74, 6) is 0. The average molecular weight is 276 g/mol. The number of nitrogens with zero attached hydrogens (tertiary/aromatic N) is 2. The smallest absolute Gasteiger partial charge is 0.116 e. The predicted octanol–water partition coefficient (Wildman–Crippen LogP) is 2.30. The van der Waals surface area contributed by atoms with Crippen LogP contribution in [0.25, 0.3) is 11.0 Å². The van der Waals surface area contributed by atoms with E-state index in [1.807, 2.05) is 13.1 Å². The lowest BCUT2D eigenvalue weighted by molar-refractivity contribution is 0.232. The van der Waals surface area contributed by atoms with Crippen LogP contribution in [-0.2, 0) is 6.54 Å². The Labute approximate surface area is 119 Å². The molecule has 0 bridgehead atoms. The van der Waals surface area contributed by atoms with Gasteiger partial charge in [0.1, 0.15) is 6.33 Å². The monoisotopic (exact) mass is 276 g/mol. The molecule has 0 radical (unpaired) electrons. The Hall–Kier alpha value is -1.46. The van der Waals surface area contributed by atoms with Crippen LogP contribution in [0, 0.1) is 6.92 Å². The van der Waals surface area contributed by atoms with E-state index >= 15 is 0 Å². The van der Waals surface area contributed by atoms with Gasteiger partial charge in [-0.05, 0) is 13.3 Å². The van der Waals surface area contributed by atoms with Gasteiger partial charge >= 0.3 is 0 Å². The van der Waals surface area contributed by atoms with E-state index in [0.29, 0.717) is 6.54 Å². The molecule has 5 heteroatoms. The molecule has 5 nitrogen and oxygen atoms in total. The fourth-order valence-corrected chi connectivity index (χ4v) is 2.41. The van der Waals surface area contributed by atoms with Gasteiger partial charge in [-0.1, -0.05) is 26.2 Å². The normalized spacial score (nSPS) is 12.9. The molecule has 0 aromatic carbocycles. The van der Waals surface area contributed by atoms with Crippen molar-refractivity contribution < 1.29 is 5.11 Å². The highest BCUT2D eigenvalue weighted by Gasteiger charge is 2.10. The minimum absolute atomic E-state index is 0.162. The lowest BCUT2D eigenvalue weighted by atomic mass is 10.1. The predicted molar refractivity (Wildman–Crippen MR) is 80.5 cm³/mol. The number of unbranched alkanes of at least 4 members (excludes halogenated alkanes) is 2. The third kappa shape index (κ3) is 3.55.